The average Bonchev–Trinajstić information content (AvgIpc) is 1.64. The summed E-state index contributed by atoms with van der Waals surface area (Å²) in [5.74, 6) is 5.48. The molecule has 820 valence electrons. The zero-order chi connectivity index (χ0) is 108. The molecule has 13 rings (SSSR count). The third-order valence-corrected chi connectivity index (χ3v) is 25.8. The number of piperidine rings is 5. The van der Waals surface area contributed by atoms with Crippen LogP contribution in [0.5, 0.6) is 46.0 Å². The summed E-state index contributed by atoms with van der Waals surface area (Å²) in [7, 11) is 9.56. The molecular formula is C103H156BrClN7O33P. The summed E-state index contributed by atoms with van der Waals surface area (Å²) in [5.41, 5.74) is 3.53. The van der Waals surface area contributed by atoms with Gasteiger partial charge in [0.2, 0.25) is 33.1 Å². The number of likely N-dealkylation sites (tertiary alicyclic amines) is 5. The number of methoxy groups -OCH3 is 3. The van der Waals surface area contributed by atoms with E-state index >= 15 is 0 Å². The molecule has 9 aliphatic rings. The van der Waals surface area contributed by atoms with Gasteiger partial charge in [-0.15, -0.1) is 12.4 Å². The molecule has 1 unspecified atom stereocenters. The van der Waals surface area contributed by atoms with Crippen molar-refractivity contribution >= 4 is 108 Å². The summed E-state index contributed by atoms with van der Waals surface area (Å²) in [6.07, 6.45) is 11.1. The van der Waals surface area contributed by atoms with Gasteiger partial charge < -0.3 is 119 Å². The van der Waals surface area contributed by atoms with Crippen LogP contribution in [0.4, 0.5) is 24.0 Å². The van der Waals surface area contributed by atoms with Gasteiger partial charge in [-0.05, 0) is 294 Å². The predicted molar refractivity (Wildman–Crippen MR) is 547 cm³/mol. The fraction of sp³-hybridized carbons (Fsp3) is 0.641. The minimum atomic E-state index is -3.23. The Kier molecular flexibility index (Phi) is 52.2. The second-order valence-electron chi connectivity index (χ2n) is 40.5. The highest BCUT2D eigenvalue weighted by atomic mass is 79.9. The van der Waals surface area contributed by atoms with E-state index in [-0.39, 0.29) is 117 Å². The maximum Gasteiger partial charge on any atom is 0.410 e. The first kappa shape index (κ1) is 126. The third kappa shape index (κ3) is 46.3. The van der Waals surface area contributed by atoms with Gasteiger partial charge in [0.25, 0.3) is 0 Å². The van der Waals surface area contributed by atoms with Gasteiger partial charge in [-0.3, -0.25) is 33.4 Å². The quantitative estimate of drug-likeness (QED) is 0.0184. The number of hydroxylamine groups is 3. The molecule has 0 aromatic heterocycles. The number of carbonyl (C=O) groups is 11. The minimum absolute atomic E-state index is 0. The molecule has 4 aromatic rings. The zero-order valence-corrected chi connectivity index (χ0v) is 92.6. The number of Topliss-reactive ketones (excluding diaryl/α,β-unsaturated/α-hetero) is 1. The van der Waals surface area contributed by atoms with E-state index in [9.17, 15) is 57.3 Å². The Balaban J connectivity index is 0.000000305. The zero-order valence-electron chi connectivity index (χ0n) is 89.3. The maximum atomic E-state index is 12.5. The Labute approximate surface area is 873 Å². The van der Waals surface area contributed by atoms with E-state index in [4.69, 9.17) is 81.0 Å². The summed E-state index contributed by atoms with van der Waals surface area (Å²) >= 11 is 3.33. The van der Waals surface area contributed by atoms with Gasteiger partial charge in [0.1, 0.15) is 34.2 Å². The van der Waals surface area contributed by atoms with Gasteiger partial charge in [-0.2, -0.15) is 0 Å². The van der Waals surface area contributed by atoms with Gasteiger partial charge >= 0.3 is 61.9 Å². The molecule has 9 heterocycles. The molecule has 40 nitrogen and oxygen atoms in total. The number of carboxylic acids is 1. The number of benzene rings is 4. The number of aliphatic carboxylic acids is 1. The summed E-state index contributed by atoms with van der Waals surface area (Å²) in [6, 6.07) is 22.5. The Morgan fingerprint density at radius 3 is 1.08 bits per heavy atom. The number of esters is 3. The number of hydrogen-bond acceptors (Lipinski definition) is 33. The molecule has 4 aromatic carbocycles. The predicted octanol–water partition coefficient (Wildman–Crippen LogP) is 18.9. The van der Waals surface area contributed by atoms with Crippen molar-refractivity contribution in [2.24, 2.45) is 29.6 Å². The highest BCUT2D eigenvalue weighted by Gasteiger charge is 2.37. The van der Waals surface area contributed by atoms with Crippen LogP contribution >= 0.6 is 35.9 Å². The lowest BCUT2D eigenvalue weighted by atomic mass is 9.82. The van der Waals surface area contributed by atoms with Gasteiger partial charge in [-0.25, -0.2) is 39.3 Å². The molecule has 6 amide bonds. The molecular weight excluding hydrogens is 2010 g/mol. The van der Waals surface area contributed by atoms with Crippen molar-refractivity contribution < 1.29 is 157 Å². The number of ketones is 1. The van der Waals surface area contributed by atoms with E-state index in [0.29, 0.717) is 138 Å². The number of fused-ring (bicyclic) bond motifs is 4. The number of amides is 6. The summed E-state index contributed by atoms with van der Waals surface area (Å²) in [4.78, 5) is 147. The Morgan fingerprint density at radius 2 is 0.740 bits per heavy atom. The van der Waals surface area contributed by atoms with Crippen molar-refractivity contribution in [1.29, 1.82) is 0 Å². The van der Waals surface area contributed by atoms with Crippen LogP contribution in [0.15, 0.2) is 83.3 Å². The highest BCUT2D eigenvalue weighted by Crippen LogP contribution is 2.47. The minimum Gasteiger partial charge on any atom is -0.481 e. The number of nitrogens with one attached hydrogen (secondary N) is 1. The molecule has 43 heteroatoms. The van der Waals surface area contributed by atoms with E-state index < -0.39 is 47.5 Å². The first-order chi connectivity index (χ1) is 68.2. The van der Waals surface area contributed by atoms with Crippen LogP contribution in [0.3, 0.4) is 0 Å². The standard InChI is InChI=1S/C22H31NO6.C22H29NO6.C19H25NO5.C14H26N2O4.C12H21NO4.C7H5BrO2.C5H11O5P.C2H7NO.ClH/c2*1-22(2,3)29-21(25)23-9-7-15(8-10-23)11-17(13-20(24)26-4)16-5-6-18-19(12-16)28-14-27-18;1-19(2,3)25-18(22)20-8-6-13(7-9-20)10-15(21)14-4-5-16-17(11-14)24-12-23-16;1-14(2,3)20-13(18)16-8-6-11(7-9-16)10-12(17)15(4)19-5;1-12(2,3)17-11(16)13-6-4-9(5-7-13)8-10(14)15;8-5-1-2-6-7(3-5)10-4-9-6;1-8-5(6)4-11(7,9-2)10-3;1-3-4-2;/h5-6,12,15,17H,7-11,13-14H2,1-4H3;5-6,12-13,15H,7-11,14H2,1-4H3;4-5,11,13H,6-10,12H2,1-3H3;11H,6-10H2,1-5H3;9H,4-8H2,1-3H3,(H,14,15);1-3H,4H2;4H2,1-3H3;3H,1-2H3;1H. The van der Waals surface area contributed by atoms with Crippen LogP contribution in [-0.4, -0.2) is 291 Å². The molecule has 5 saturated heterocycles. The van der Waals surface area contributed by atoms with Gasteiger partial charge in [0.05, 0.1) is 42.0 Å². The van der Waals surface area contributed by atoms with Crippen molar-refractivity contribution in [3.63, 3.8) is 0 Å². The summed E-state index contributed by atoms with van der Waals surface area (Å²) in [5, 5.41) is 9.94. The maximum absolute atomic E-state index is 12.5. The third-order valence-electron chi connectivity index (χ3n) is 23.6. The molecule has 0 radical (unpaired) electrons. The molecule has 2 N–H and O–H groups in total. The number of hydrogen-bond donors (Lipinski definition) is 2. The van der Waals surface area contributed by atoms with E-state index in [1.54, 1.807) is 63.9 Å². The number of carbonyl (C=O) groups excluding carboxylic acids is 10. The van der Waals surface area contributed by atoms with Crippen LogP contribution in [-0.2, 0) is 85.2 Å². The topological polar surface area (TPSA) is 441 Å². The van der Waals surface area contributed by atoms with Crippen LogP contribution in [0.1, 0.15) is 234 Å². The molecule has 1 atom stereocenters. The number of allylic oxidation sites excluding steroid dienone is 1. The number of carboxylic acid groups (broad SMARTS) is 1. The monoisotopic (exact) mass is 2160 g/mol. The smallest absolute Gasteiger partial charge is 0.410 e. The van der Waals surface area contributed by atoms with Crippen molar-refractivity contribution in [3.8, 4) is 46.0 Å². The molecule has 9 aliphatic heterocycles. The largest absolute Gasteiger partial charge is 0.481 e. The van der Waals surface area contributed by atoms with E-state index in [2.05, 4.69) is 40.0 Å². The molecule has 0 aliphatic carbocycles. The van der Waals surface area contributed by atoms with Crippen LogP contribution in [0.25, 0.3) is 5.57 Å². The van der Waals surface area contributed by atoms with Crippen LogP contribution in [0, 0.1) is 29.6 Å². The van der Waals surface area contributed by atoms with Gasteiger partial charge in [0.15, 0.2) is 51.8 Å². The normalized spacial score (nSPS) is 16.3. The first-order valence-corrected chi connectivity index (χ1v) is 51.2. The number of halogens is 2. The second-order valence-corrected chi connectivity index (χ2v) is 43.7. The van der Waals surface area contributed by atoms with Crippen LogP contribution < -0.4 is 43.4 Å². The van der Waals surface area contributed by atoms with E-state index in [0.717, 1.165) is 121 Å². The number of ether oxygens (including phenoxy) is 16. The first-order valence-electron chi connectivity index (χ1n) is 48.7. The fourth-order valence-corrected chi connectivity index (χ4v) is 17.0. The SMILES string of the molecule is Brc1ccc2c(c1)OCO2.CC(C)(C)OC(=O)N1CCC(CC(=O)O)CC1.CC(C)(C)OC(=O)N1CCC(CC(=O)c2ccc3c(c2)OCO3)CC1.CNOC.COC(=O)C=C(CC1CCN(C(=O)OC(C)(C)C)CC1)c1ccc2c(c1)OCO2.COC(=O)CC(CC1CCN(C(=O)OC(C)(C)C)CC1)c1ccc2c(c1)OCO2.COC(=O)CP(=O)(OC)OC.CON(C)C(=O)CC1CCN(C(=O)OC(C)(C)C)CC1.Cl. The lowest BCUT2D eigenvalue weighted by molar-refractivity contribution is -0.170. The Hall–Kier alpha value is -10.8. The Bertz CT molecular complexity index is 4910. The molecule has 146 heavy (non-hydrogen) atoms. The van der Waals surface area contributed by atoms with Crippen LogP contribution in [0.2, 0.25) is 0 Å². The lowest BCUT2D eigenvalue weighted by Crippen LogP contribution is -2.42. The Morgan fingerprint density at radius 1 is 0.425 bits per heavy atom. The lowest BCUT2D eigenvalue weighted by Gasteiger charge is -2.34. The second kappa shape index (κ2) is 60.6. The van der Waals surface area contributed by atoms with Crippen molar-refractivity contribution in [1.82, 2.24) is 35.0 Å². The van der Waals surface area contributed by atoms with Crippen molar-refractivity contribution in [3.05, 3.63) is 100 Å². The van der Waals surface area contributed by atoms with Gasteiger partial charge in [-0.1, -0.05) is 28.1 Å². The van der Waals surface area contributed by atoms with E-state index in [1.165, 1.54) is 53.8 Å². The average molecular weight is 2170 g/mol. The summed E-state index contributed by atoms with van der Waals surface area (Å²) < 4.78 is 105. The van der Waals surface area contributed by atoms with E-state index in [1.807, 2.05) is 158 Å². The van der Waals surface area contributed by atoms with Crippen molar-refractivity contribution in [2.45, 2.75) is 241 Å². The summed E-state index contributed by atoms with van der Waals surface area (Å²) in [6.45, 7) is 35.2. The molecule has 0 spiro atoms. The molecule has 0 saturated carbocycles. The van der Waals surface area contributed by atoms with Gasteiger partial charge in [0, 0.05) is 129 Å². The molecule has 0 bridgehead atoms. The van der Waals surface area contributed by atoms with Crippen molar-refractivity contribution in [2.75, 3.05) is 163 Å². The number of nitrogens with zero attached hydrogens (tertiary/aromatic N) is 6. The fourth-order valence-electron chi connectivity index (χ4n) is 15.8. The number of rotatable bonds is 22. The molecule has 5 fully saturated rings. The highest BCUT2D eigenvalue weighted by molar-refractivity contribution is 9.10.